The zero-order valence-corrected chi connectivity index (χ0v) is 26.1. The number of sulfone groups is 1. The number of oxazole rings is 1. The molecule has 3 aromatic carbocycles. The van der Waals surface area contributed by atoms with Crippen LogP contribution in [0.3, 0.4) is 0 Å². The lowest BCUT2D eigenvalue weighted by Crippen LogP contribution is -2.16. The first-order valence-corrected chi connectivity index (χ1v) is 15.9. The smallest absolute Gasteiger partial charge is 0.440 e. The van der Waals surface area contributed by atoms with Crippen LogP contribution in [-0.4, -0.2) is 40.7 Å². The first-order chi connectivity index (χ1) is 21.9. The topological polar surface area (TPSA) is 107 Å². The Morgan fingerprint density at radius 2 is 1.60 bits per heavy atom. The Morgan fingerprint density at radius 1 is 0.936 bits per heavy atom. The van der Waals surface area contributed by atoms with Crippen molar-refractivity contribution in [3.63, 3.8) is 0 Å². The highest BCUT2D eigenvalue weighted by Gasteiger charge is 2.34. The molecule has 0 fully saturated rings. The van der Waals surface area contributed by atoms with E-state index in [4.69, 9.17) is 4.42 Å². The second-order valence-corrected chi connectivity index (χ2v) is 12.7. The lowest BCUT2D eigenvalue weighted by Gasteiger charge is -2.16. The number of hydrogen-bond donors (Lipinski definition) is 1. The predicted molar refractivity (Wildman–Crippen MR) is 159 cm³/mol. The fourth-order valence-electron chi connectivity index (χ4n) is 5.06. The van der Waals surface area contributed by atoms with E-state index in [1.54, 1.807) is 0 Å². The molecule has 0 atom stereocenters. The van der Waals surface area contributed by atoms with Gasteiger partial charge in [0.1, 0.15) is 28.8 Å². The third-order valence-electron chi connectivity index (χ3n) is 7.34. The van der Waals surface area contributed by atoms with E-state index in [9.17, 15) is 35.5 Å². The Hall–Kier alpha value is -4.63. The Kier molecular flexibility index (Phi) is 8.75. The second-order valence-electron chi connectivity index (χ2n) is 10.7. The summed E-state index contributed by atoms with van der Waals surface area (Å²) in [4.78, 5) is 8.14. The van der Waals surface area contributed by atoms with Gasteiger partial charge in [-0.05, 0) is 66.6 Å². The molecule has 0 aliphatic heterocycles. The zero-order valence-electron chi connectivity index (χ0n) is 25.3. The number of aliphatic hydroxyl groups excluding tert-OH is 1. The summed E-state index contributed by atoms with van der Waals surface area (Å²) in [6.07, 6.45) is -3.37. The van der Waals surface area contributed by atoms with Gasteiger partial charge in [-0.2, -0.15) is 8.78 Å². The molecule has 0 bridgehead atoms. The van der Waals surface area contributed by atoms with Crippen LogP contribution in [-0.2, 0) is 22.4 Å². The fourth-order valence-corrected chi connectivity index (χ4v) is 6.02. The highest BCUT2D eigenvalue weighted by atomic mass is 32.2. The molecule has 0 saturated carbocycles. The van der Waals surface area contributed by atoms with Crippen LogP contribution >= 0.6 is 0 Å². The number of halogens is 6. The average molecular weight is 680 g/mol. The molecular weight excluding hydrogens is 652 g/mol. The number of alkyl halides is 5. The first kappa shape index (κ1) is 33.7. The van der Waals surface area contributed by atoms with Crippen LogP contribution in [0.4, 0.5) is 26.3 Å². The van der Waals surface area contributed by atoms with Gasteiger partial charge in [0.15, 0.2) is 21.5 Å². The van der Waals surface area contributed by atoms with Gasteiger partial charge in [0, 0.05) is 42.5 Å². The molecule has 0 aliphatic carbocycles. The molecule has 47 heavy (non-hydrogen) atoms. The molecule has 0 aliphatic rings. The maximum absolute atomic E-state index is 15.1. The monoisotopic (exact) mass is 679 g/mol. The van der Waals surface area contributed by atoms with E-state index in [2.05, 4.69) is 14.7 Å². The van der Waals surface area contributed by atoms with Gasteiger partial charge in [0.05, 0.1) is 17.2 Å². The largest absolute Gasteiger partial charge is 0.573 e. The van der Waals surface area contributed by atoms with Crippen molar-refractivity contribution < 1.29 is 49.0 Å². The average Bonchev–Trinajstić information content (AvgIpc) is 3.58. The van der Waals surface area contributed by atoms with E-state index in [1.807, 2.05) is 0 Å². The zero-order chi connectivity index (χ0) is 34.5. The van der Waals surface area contributed by atoms with Crippen molar-refractivity contribution in [1.82, 2.24) is 14.5 Å². The van der Waals surface area contributed by atoms with Crippen LogP contribution in [0, 0.1) is 19.7 Å². The number of aliphatic hydroxyl groups is 1. The number of benzene rings is 3. The Labute approximate surface area is 265 Å². The van der Waals surface area contributed by atoms with Gasteiger partial charge in [-0.25, -0.2) is 22.8 Å². The van der Waals surface area contributed by atoms with E-state index >= 15 is 4.39 Å². The van der Waals surface area contributed by atoms with Crippen LogP contribution < -0.4 is 4.74 Å². The van der Waals surface area contributed by atoms with Crippen molar-refractivity contribution in [2.45, 2.75) is 51.0 Å². The molecule has 0 spiro atoms. The number of rotatable bonds is 9. The van der Waals surface area contributed by atoms with Crippen molar-refractivity contribution >= 4 is 9.84 Å². The third-order valence-corrected chi connectivity index (χ3v) is 8.51. The molecule has 0 radical (unpaired) electrons. The maximum Gasteiger partial charge on any atom is 0.573 e. The van der Waals surface area contributed by atoms with E-state index in [-0.39, 0.29) is 39.9 Å². The molecule has 1 N–H and O–H groups in total. The van der Waals surface area contributed by atoms with Crippen molar-refractivity contribution in [2.75, 3.05) is 6.26 Å². The molecule has 2 heterocycles. The summed E-state index contributed by atoms with van der Waals surface area (Å²) in [6.45, 7) is 3.50. The van der Waals surface area contributed by atoms with E-state index in [0.29, 0.717) is 11.3 Å². The molecule has 0 unspecified atom stereocenters. The van der Waals surface area contributed by atoms with Crippen LogP contribution in [0.1, 0.15) is 36.3 Å². The van der Waals surface area contributed by atoms with Crippen LogP contribution in [0.2, 0.25) is 0 Å². The lowest BCUT2D eigenvalue weighted by molar-refractivity contribution is -0.274. The number of ether oxygens (including phenoxy) is 1. The molecule has 2 aromatic heterocycles. The minimum atomic E-state index is -4.91. The molecule has 15 heteroatoms. The molecule has 8 nitrogen and oxygen atoms in total. The van der Waals surface area contributed by atoms with Crippen molar-refractivity contribution in [3.8, 4) is 45.1 Å². The van der Waals surface area contributed by atoms with Gasteiger partial charge in [-0.3, -0.25) is 0 Å². The minimum Gasteiger partial charge on any atom is -0.440 e. The summed E-state index contributed by atoms with van der Waals surface area (Å²) < 4.78 is 119. The summed E-state index contributed by atoms with van der Waals surface area (Å²) in [5.74, 6) is -4.23. The Balaban J connectivity index is 1.76. The van der Waals surface area contributed by atoms with Gasteiger partial charge >= 0.3 is 6.36 Å². The van der Waals surface area contributed by atoms with E-state index in [0.717, 1.165) is 24.5 Å². The van der Waals surface area contributed by atoms with Crippen molar-refractivity contribution in [1.29, 1.82) is 0 Å². The van der Waals surface area contributed by atoms with E-state index < -0.39 is 62.9 Å². The molecule has 248 valence electrons. The van der Waals surface area contributed by atoms with Crippen molar-refractivity contribution in [2.24, 2.45) is 0 Å². The highest BCUT2D eigenvalue weighted by molar-refractivity contribution is 7.90. The van der Waals surface area contributed by atoms with Gasteiger partial charge in [0.25, 0.3) is 5.92 Å². The predicted octanol–water partition coefficient (Wildman–Crippen LogP) is 7.91. The molecule has 0 amide bonds. The van der Waals surface area contributed by atoms with Crippen LogP contribution in [0.25, 0.3) is 39.4 Å². The number of hydrogen-bond acceptors (Lipinski definition) is 7. The molecular formula is C32H27F6N3O5S. The summed E-state index contributed by atoms with van der Waals surface area (Å²) in [5.41, 5.74) is 0.505. The fraction of sp³-hybridized carbons (Fsp3) is 0.250. The maximum atomic E-state index is 15.1. The number of aryl methyl sites for hydroxylation is 2. The second kappa shape index (κ2) is 12.2. The Morgan fingerprint density at radius 3 is 2.19 bits per heavy atom. The highest BCUT2D eigenvalue weighted by Crippen LogP contribution is 2.41. The SMILES string of the molecule is CCC(F)(F)c1cn(-c2ccc(-c3cc(F)c(CO)c(S(C)(=O)=O)c3)cc2-c2nc(C)oc2-c2ccc(OC(F)(F)F)cc2)c(C)n1. The quantitative estimate of drug-likeness (QED) is 0.158. The summed E-state index contributed by atoms with van der Waals surface area (Å²) in [7, 11) is -3.98. The number of nitrogens with zero attached hydrogens (tertiary/aromatic N) is 3. The van der Waals surface area contributed by atoms with Gasteiger partial charge in [-0.15, -0.1) is 13.2 Å². The van der Waals surface area contributed by atoms with Gasteiger partial charge < -0.3 is 18.8 Å². The molecule has 0 saturated heterocycles. The van der Waals surface area contributed by atoms with Crippen LogP contribution in [0.15, 0.2) is 70.1 Å². The third kappa shape index (κ3) is 6.90. The van der Waals surface area contributed by atoms with E-state index in [1.165, 1.54) is 67.9 Å². The Bertz CT molecular complexity index is 2070. The minimum absolute atomic E-state index is 0.106. The van der Waals surface area contributed by atoms with Crippen LogP contribution in [0.5, 0.6) is 5.75 Å². The summed E-state index contributed by atoms with van der Waals surface area (Å²) in [5, 5.41) is 9.65. The van der Waals surface area contributed by atoms with Gasteiger partial charge in [-0.1, -0.05) is 13.0 Å². The molecule has 5 rings (SSSR count). The molecule has 5 aromatic rings. The van der Waals surface area contributed by atoms with Gasteiger partial charge in [0.2, 0.25) is 0 Å². The normalized spacial score (nSPS) is 12.5. The van der Waals surface area contributed by atoms with Crippen molar-refractivity contribution in [3.05, 3.63) is 89.6 Å². The first-order valence-electron chi connectivity index (χ1n) is 14.0. The number of aromatic nitrogens is 3. The summed E-state index contributed by atoms with van der Waals surface area (Å²) >= 11 is 0. The lowest BCUT2D eigenvalue weighted by atomic mass is 9.97. The summed E-state index contributed by atoms with van der Waals surface area (Å²) in [6, 6.07) is 11.6. The standard InChI is InChI=1S/C32H27F6N3O5S/c1-5-31(34,35)28-15-41(17(2)39-28)26-11-8-20(21-13-25(33)24(16-42)27(14-21)47(4,43)44)12-23(26)29-30(45-18(3)40-29)19-6-9-22(10-7-19)46-32(36,37)38/h6-15,42H,5,16H2,1-4H3. The number of imidazole rings is 1.